The molecule has 3 heterocycles. The van der Waals surface area contributed by atoms with E-state index in [0.29, 0.717) is 37.6 Å². The summed E-state index contributed by atoms with van der Waals surface area (Å²) in [7, 11) is 0. The van der Waals surface area contributed by atoms with Crippen LogP contribution in [-0.4, -0.2) is 68.3 Å². The lowest BCUT2D eigenvalue weighted by molar-refractivity contribution is 0.0775. The van der Waals surface area contributed by atoms with Crippen molar-refractivity contribution in [3.8, 4) is 11.4 Å². The molecule has 0 bridgehead atoms. The van der Waals surface area contributed by atoms with Crippen LogP contribution in [0, 0.1) is 11.8 Å². The molecule has 2 saturated heterocycles. The van der Waals surface area contributed by atoms with Crippen LogP contribution in [0.15, 0.2) is 30.6 Å². The predicted molar refractivity (Wildman–Crippen MR) is 84.3 cm³/mol. The summed E-state index contributed by atoms with van der Waals surface area (Å²) in [6.45, 7) is 2.21. The van der Waals surface area contributed by atoms with Crippen LogP contribution in [0.3, 0.4) is 0 Å². The Labute approximate surface area is 138 Å². The van der Waals surface area contributed by atoms with Gasteiger partial charge in [-0.05, 0) is 6.07 Å². The molecule has 24 heavy (non-hydrogen) atoms. The number of aromatic amines is 1. The van der Waals surface area contributed by atoms with Crippen LogP contribution >= 0.6 is 0 Å². The molecule has 1 aromatic heterocycles. The summed E-state index contributed by atoms with van der Waals surface area (Å²) in [6.07, 6.45) is 0.607. The van der Waals surface area contributed by atoms with Gasteiger partial charge < -0.3 is 19.9 Å². The third-order valence-corrected chi connectivity index (χ3v) is 4.87. The lowest BCUT2D eigenvalue weighted by atomic mass is 10.0. The van der Waals surface area contributed by atoms with E-state index >= 15 is 0 Å². The van der Waals surface area contributed by atoms with Crippen LogP contribution in [0.2, 0.25) is 0 Å². The second kappa shape index (κ2) is 5.63. The molecule has 2 amide bonds. The highest BCUT2D eigenvalue weighted by Gasteiger charge is 2.43. The highest BCUT2D eigenvalue weighted by Crippen LogP contribution is 2.32. The van der Waals surface area contributed by atoms with Gasteiger partial charge in [0.25, 0.3) is 5.91 Å². The van der Waals surface area contributed by atoms with Crippen molar-refractivity contribution in [2.24, 2.45) is 11.8 Å². The normalized spacial score (nSPS) is 22.7. The summed E-state index contributed by atoms with van der Waals surface area (Å²) in [5, 5.41) is 16.9. The number of carbonyl (C=O) groups excluding carboxylic acids is 1. The van der Waals surface area contributed by atoms with Crippen molar-refractivity contribution in [3.63, 3.8) is 0 Å². The molecule has 2 atom stereocenters. The summed E-state index contributed by atoms with van der Waals surface area (Å²) in [5.41, 5.74) is 1.31. The second-order valence-corrected chi connectivity index (χ2v) is 6.30. The van der Waals surface area contributed by atoms with Gasteiger partial charge in [-0.25, -0.2) is 4.79 Å². The van der Waals surface area contributed by atoms with Gasteiger partial charge in [-0.3, -0.25) is 4.79 Å². The number of carboxylic acid groups (broad SMARTS) is 1. The zero-order valence-corrected chi connectivity index (χ0v) is 12.9. The Balaban J connectivity index is 1.54. The maximum Gasteiger partial charge on any atom is 0.407 e. The fraction of sp³-hybridized carbons (Fsp3) is 0.375. The van der Waals surface area contributed by atoms with Gasteiger partial charge in [0.05, 0.1) is 5.56 Å². The molecule has 0 spiro atoms. The minimum absolute atomic E-state index is 0.0433. The van der Waals surface area contributed by atoms with Gasteiger partial charge in [0.15, 0.2) is 5.82 Å². The Morgan fingerprint density at radius 2 is 1.75 bits per heavy atom. The van der Waals surface area contributed by atoms with Crippen LogP contribution in [0.5, 0.6) is 0 Å². The zero-order chi connectivity index (χ0) is 16.7. The molecule has 0 radical (unpaired) electrons. The average Bonchev–Trinajstić information content (AvgIpc) is 3.29. The van der Waals surface area contributed by atoms with E-state index < -0.39 is 6.09 Å². The average molecular weight is 327 g/mol. The van der Waals surface area contributed by atoms with Crippen LogP contribution in [0.25, 0.3) is 11.4 Å². The Morgan fingerprint density at radius 3 is 2.38 bits per heavy atom. The lowest BCUT2D eigenvalue weighted by Crippen LogP contribution is -2.35. The van der Waals surface area contributed by atoms with Crippen LogP contribution in [0.1, 0.15) is 10.4 Å². The first kappa shape index (κ1) is 14.7. The van der Waals surface area contributed by atoms with Crippen molar-refractivity contribution in [1.82, 2.24) is 25.0 Å². The largest absolute Gasteiger partial charge is 0.465 e. The SMILES string of the molecule is O=C(O)N1CC2CN(C(=O)c3ccccc3-c3nnc[nH]3)CC2C1. The number of hydrogen-bond donors (Lipinski definition) is 2. The third-order valence-electron chi connectivity index (χ3n) is 4.87. The van der Waals surface area contributed by atoms with Crippen molar-refractivity contribution in [2.45, 2.75) is 0 Å². The number of rotatable bonds is 2. The minimum Gasteiger partial charge on any atom is -0.465 e. The third kappa shape index (κ3) is 2.40. The first-order valence-electron chi connectivity index (χ1n) is 7.86. The monoisotopic (exact) mass is 327 g/mol. The maximum atomic E-state index is 12.9. The quantitative estimate of drug-likeness (QED) is 0.861. The van der Waals surface area contributed by atoms with E-state index in [1.807, 2.05) is 23.1 Å². The fourth-order valence-electron chi connectivity index (χ4n) is 3.70. The number of aromatic nitrogens is 3. The Hall–Kier alpha value is -2.90. The summed E-state index contributed by atoms with van der Waals surface area (Å²) >= 11 is 0. The molecule has 2 aliphatic heterocycles. The standard InChI is InChI=1S/C16H17N5O3/c22-15(13-4-2-1-3-12(13)14-17-9-18-19-14)20-5-10-7-21(16(23)24)8-11(10)6-20/h1-4,9-11H,5-8H2,(H,23,24)(H,17,18,19). The number of hydrogen-bond acceptors (Lipinski definition) is 4. The molecule has 0 saturated carbocycles. The van der Waals surface area contributed by atoms with Crippen molar-refractivity contribution < 1.29 is 14.7 Å². The van der Waals surface area contributed by atoms with Crippen LogP contribution in [0.4, 0.5) is 4.79 Å². The summed E-state index contributed by atoms with van der Waals surface area (Å²) in [4.78, 5) is 30.2. The molecular weight excluding hydrogens is 310 g/mol. The molecule has 124 valence electrons. The number of H-pyrrole nitrogens is 1. The number of nitrogens with one attached hydrogen (secondary N) is 1. The molecule has 1 aromatic carbocycles. The van der Waals surface area contributed by atoms with Gasteiger partial charge in [-0.15, -0.1) is 10.2 Å². The molecule has 2 aliphatic rings. The van der Waals surface area contributed by atoms with E-state index in [0.717, 1.165) is 5.56 Å². The predicted octanol–water partition coefficient (Wildman–Crippen LogP) is 1.15. The molecule has 2 N–H and O–H groups in total. The molecule has 8 heteroatoms. The number of carbonyl (C=O) groups is 2. The molecule has 2 unspecified atom stereocenters. The highest BCUT2D eigenvalue weighted by atomic mass is 16.4. The van der Waals surface area contributed by atoms with Crippen LogP contribution in [-0.2, 0) is 0 Å². The maximum absolute atomic E-state index is 12.9. The number of amides is 2. The van der Waals surface area contributed by atoms with Crippen molar-refractivity contribution in [2.75, 3.05) is 26.2 Å². The van der Waals surface area contributed by atoms with Crippen LogP contribution < -0.4 is 0 Å². The summed E-state index contributed by atoms with van der Waals surface area (Å²) < 4.78 is 0. The van der Waals surface area contributed by atoms with E-state index in [-0.39, 0.29) is 17.7 Å². The highest BCUT2D eigenvalue weighted by molar-refractivity contribution is 6.00. The van der Waals surface area contributed by atoms with E-state index in [4.69, 9.17) is 5.11 Å². The molecule has 2 fully saturated rings. The van der Waals surface area contributed by atoms with E-state index in [1.165, 1.54) is 11.2 Å². The first-order chi connectivity index (χ1) is 11.6. The number of nitrogens with zero attached hydrogens (tertiary/aromatic N) is 4. The summed E-state index contributed by atoms with van der Waals surface area (Å²) in [6, 6.07) is 7.32. The smallest absolute Gasteiger partial charge is 0.407 e. The van der Waals surface area contributed by atoms with Crippen molar-refractivity contribution >= 4 is 12.0 Å². The van der Waals surface area contributed by atoms with Gasteiger partial charge in [0.2, 0.25) is 0 Å². The second-order valence-electron chi connectivity index (χ2n) is 6.30. The van der Waals surface area contributed by atoms with E-state index in [2.05, 4.69) is 15.2 Å². The van der Waals surface area contributed by atoms with Gasteiger partial charge in [0.1, 0.15) is 6.33 Å². The fourth-order valence-corrected chi connectivity index (χ4v) is 3.70. The topological polar surface area (TPSA) is 102 Å². The minimum atomic E-state index is -0.877. The number of benzene rings is 1. The molecule has 4 rings (SSSR count). The van der Waals surface area contributed by atoms with Gasteiger partial charge in [-0.2, -0.15) is 0 Å². The van der Waals surface area contributed by atoms with Gasteiger partial charge >= 0.3 is 6.09 Å². The van der Waals surface area contributed by atoms with Gasteiger partial charge in [0, 0.05) is 43.6 Å². The Bertz CT molecular complexity index is 762. The number of likely N-dealkylation sites (tertiary alicyclic amines) is 2. The zero-order valence-electron chi connectivity index (χ0n) is 12.9. The first-order valence-corrected chi connectivity index (χ1v) is 7.86. The Kier molecular flexibility index (Phi) is 3.44. The summed E-state index contributed by atoms with van der Waals surface area (Å²) in [5.74, 6) is 0.971. The molecule has 0 aliphatic carbocycles. The van der Waals surface area contributed by atoms with E-state index in [9.17, 15) is 9.59 Å². The lowest BCUT2D eigenvalue weighted by Gasteiger charge is -2.21. The van der Waals surface area contributed by atoms with Crippen molar-refractivity contribution in [3.05, 3.63) is 36.2 Å². The molecule has 2 aromatic rings. The van der Waals surface area contributed by atoms with E-state index in [1.54, 1.807) is 6.07 Å². The number of fused-ring (bicyclic) bond motifs is 1. The van der Waals surface area contributed by atoms with Crippen molar-refractivity contribution in [1.29, 1.82) is 0 Å². The molecule has 8 nitrogen and oxygen atoms in total. The molecular formula is C16H17N5O3. The Morgan fingerprint density at radius 1 is 1.08 bits per heavy atom. The van der Waals surface area contributed by atoms with Gasteiger partial charge in [-0.1, -0.05) is 18.2 Å².